The van der Waals surface area contributed by atoms with E-state index in [0.29, 0.717) is 31.6 Å². The quantitative estimate of drug-likeness (QED) is 0.806. The molecule has 3 heterocycles. The van der Waals surface area contributed by atoms with Crippen molar-refractivity contribution in [3.63, 3.8) is 0 Å². The van der Waals surface area contributed by atoms with Crippen molar-refractivity contribution < 1.29 is 17.7 Å². The van der Waals surface area contributed by atoms with Gasteiger partial charge in [-0.15, -0.1) is 11.3 Å². The van der Waals surface area contributed by atoms with Gasteiger partial charge in [-0.3, -0.25) is 4.79 Å². The zero-order valence-electron chi connectivity index (χ0n) is 14.9. The molecular weight excluding hydrogens is 374 g/mol. The smallest absolute Gasteiger partial charge is 0.248 e. The lowest BCUT2D eigenvalue weighted by Crippen LogP contribution is -2.45. The topological polar surface area (TPSA) is 92.5 Å². The zero-order chi connectivity index (χ0) is 18.7. The number of piperidine rings is 1. The fraction of sp³-hybridized carbons (Fsp3) is 0.529. The highest BCUT2D eigenvalue weighted by Gasteiger charge is 2.36. The van der Waals surface area contributed by atoms with Crippen molar-refractivity contribution in [2.45, 2.75) is 38.0 Å². The van der Waals surface area contributed by atoms with Crippen molar-refractivity contribution in [3.8, 4) is 0 Å². The number of carbonyl (C=O) groups is 1. The van der Waals surface area contributed by atoms with Crippen molar-refractivity contribution in [3.05, 3.63) is 33.8 Å². The Labute approximate surface area is 157 Å². The molecule has 0 unspecified atom stereocenters. The van der Waals surface area contributed by atoms with Gasteiger partial charge in [0.05, 0.1) is 5.92 Å². The number of carbonyl (C=O) groups excluding carboxylic acids is 1. The minimum Gasteiger partial charge on any atom is -0.360 e. The first-order chi connectivity index (χ1) is 12.4. The molecule has 1 atom stereocenters. The molecule has 1 aliphatic heterocycles. The van der Waals surface area contributed by atoms with Crippen molar-refractivity contribution in [2.75, 3.05) is 19.6 Å². The van der Waals surface area contributed by atoms with Gasteiger partial charge in [0.1, 0.15) is 10.6 Å². The molecule has 1 fully saturated rings. The molecule has 26 heavy (non-hydrogen) atoms. The number of aromatic nitrogens is 1. The summed E-state index contributed by atoms with van der Waals surface area (Å²) in [6.07, 6.45) is 2.14. The second-order valence-electron chi connectivity index (χ2n) is 6.48. The molecule has 142 valence electrons. The standard InChI is InChI=1S/C17H23N3O4S2/c1-12-16(13(2)24-19-12)26(22,23)20-9-3-5-14(11-20)17(21)18-8-7-15-6-4-10-25-15/h4,6,10,14H,3,5,7-9,11H2,1-2H3,(H,18,21)/t14-/m1/s1. The SMILES string of the molecule is Cc1noc(C)c1S(=O)(=O)N1CCC[C@@H](C(=O)NCCc2cccs2)C1. The van der Waals surface area contributed by atoms with Crippen LogP contribution in [0.15, 0.2) is 26.9 Å². The van der Waals surface area contributed by atoms with Gasteiger partial charge in [0.15, 0.2) is 5.76 Å². The van der Waals surface area contributed by atoms with E-state index in [1.807, 2.05) is 17.5 Å². The van der Waals surface area contributed by atoms with E-state index < -0.39 is 10.0 Å². The maximum atomic E-state index is 12.9. The average Bonchev–Trinajstić information content (AvgIpc) is 3.25. The number of nitrogens with zero attached hydrogens (tertiary/aromatic N) is 2. The summed E-state index contributed by atoms with van der Waals surface area (Å²) in [5, 5.41) is 8.68. The van der Waals surface area contributed by atoms with Gasteiger partial charge in [-0.05, 0) is 44.6 Å². The van der Waals surface area contributed by atoms with Crippen LogP contribution in [0.2, 0.25) is 0 Å². The molecule has 2 aromatic rings. The number of hydrogen-bond donors (Lipinski definition) is 1. The van der Waals surface area contributed by atoms with Crippen LogP contribution in [0.1, 0.15) is 29.2 Å². The Hall–Kier alpha value is -1.71. The highest BCUT2D eigenvalue weighted by Crippen LogP contribution is 2.27. The zero-order valence-corrected chi connectivity index (χ0v) is 16.5. The van der Waals surface area contributed by atoms with Crippen LogP contribution in [0.25, 0.3) is 0 Å². The largest absolute Gasteiger partial charge is 0.360 e. The summed E-state index contributed by atoms with van der Waals surface area (Å²) in [4.78, 5) is 13.8. The van der Waals surface area contributed by atoms with Crippen molar-refractivity contribution in [1.82, 2.24) is 14.8 Å². The number of aryl methyl sites for hydroxylation is 2. The lowest BCUT2D eigenvalue weighted by Gasteiger charge is -2.31. The molecule has 0 bridgehead atoms. The Balaban J connectivity index is 1.62. The van der Waals surface area contributed by atoms with E-state index in [4.69, 9.17) is 4.52 Å². The average molecular weight is 398 g/mol. The van der Waals surface area contributed by atoms with E-state index in [1.165, 1.54) is 9.18 Å². The van der Waals surface area contributed by atoms with E-state index in [2.05, 4.69) is 10.5 Å². The molecule has 0 radical (unpaired) electrons. The molecule has 9 heteroatoms. The second-order valence-corrected chi connectivity index (χ2v) is 9.38. The first kappa shape index (κ1) is 19.1. The molecule has 7 nitrogen and oxygen atoms in total. The number of sulfonamides is 1. The summed E-state index contributed by atoms with van der Waals surface area (Å²) in [7, 11) is -3.70. The maximum absolute atomic E-state index is 12.9. The van der Waals surface area contributed by atoms with Crippen LogP contribution in [0.3, 0.4) is 0 Å². The number of hydrogen-bond acceptors (Lipinski definition) is 6. The second kappa shape index (κ2) is 7.89. The van der Waals surface area contributed by atoms with Gasteiger partial charge in [0, 0.05) is 24.5 Å². The minimum atomic E-state index is -3.70. The summed E-state index contributed by atoms with van der Waals surface area (Å²) in [5.74, 6) is -0.132. The van der Waals surface area contributed by atoms with Crippen LogP contribution in [0, 0.1) is 19.8 Å². The molecule has 0 aliphatic carbocycles. The Kier molecular flexibility index (Phi) is 5.79. The number of thiophene rings is 1. The maximum Gasteiger partial charge on any atom is 0.248 e. The predicted octanol–water partition coefficient (Wildman–Crippen LogP) is 2.11. The van der Waals surface area contributed by atoms with E-state index in [9.17, 15) is 13.2 Å². The summed E-state index contributed by atoms with van der Waals surface area (Å²) >= 11 is 1.66. The lowest BCUT2D eigenvalue weighted by atomic mass is 9.99. The van der Waals surface area contributed by atoms with Crippen LogP contribution < -0.4 is 5.32 Å². The van der Waals surface area contributed by atoms with E-state index in [1.54, 1.807) is 25.2 Å². The normalized spacial score (nSPS) is 18.8. The van der Waals surface area contributed by atoms with Crippen LogP contribution in [-0.2, 0) is 21.2 Å². The third kappa shape index (κ3) is 3.99. The van der Waals surface area contributed by atoms with Gasteiger partial charge in [0.25, 0.3) is 0 Å². The highest BCUT2D eigenvalue weighted by atomic mass is 32.2. The monoisotopic (exact) mass is 397 g/mol. The first-order valence-corrected chi connectivity index (χ1v) is 10.9. The van der Waals surface area contributed by atoms with Crippen LogP contribution >= 0.6 is 11.3 Å². The molecule has 1 N–H and O–H groups in total. The van der Waals surface area contributed by atoms with Crippen molar-refractivity contribution in [2.24, 2.45) is 5.92 Å². The summed E-state index contributed by atoms with van der Waals surface area (Å²) in [6, 6.07) is 4.02. The Bertz CT molecular complexity index is 839. The van der Waals surface area contributed by atoms with Gasteiger partial charge in [-0.2, -0.15) is 4.31 Å². The minimum absolute atomic E-state index is 0.0831. The van der Waals surface area contributed by atoms with Gasteiger partial charge in [-0.25, -0.2) is 8.42 Å². The van der Waals surface area contributed by atoms with Gasteiger partial charge >= 0.3 is 0 Å². The Morgan fingerprint density at radius 1 is 1.46 bits per heavy atom. The molecule has 2 aromatic heterocycles. The van der Waals surface area contributed by atoms with Gasteiger partial charge in [0.2, 0.25) is 15.9 Å². The molecule has 1 saturated heterocycles. The van der Waals surface area contributed by atoms with E-state index in [-0.39, 0.29) is 29.0 Å². The Morgan fingerprint density at radius 2 is 2.27 bits per heavy atom. The van der Waals surface area contributed by atoms with Crippen molar-refractivity contribution in [1.29, 1.82) is 0 Å². The number of rotatable bonds is 6. The third-order valence-corrected chi connectivity index (χ3v) is 7.62. The number of nitrogens with one attached hydrogen (secondary N) is 1. The molecule has 1 aliphatic rings. The van der Waals surface area contributed by atoms with Gasteiger partial charge in [-0.1, -0.05) is 11.2 Å². The molecule has 0 saturated carbocycles. The van der Waals surface area contributed by atoms with Crippen LogP contribution in [0.4, 0.5) is 0 Å². The van der Waals surface area contributed by atoms with Crippen LogP contribution in [0.5, 0.6) is 0 Å². The highest BCUT2D eigenvalue weighted by molar-refractivity contribution is 7.89. The van der Waals surface area contributed by atoms with E-state index in [0.717, 1.165) is 6.42 Å². The third-order valence-electron chi connectivity index (χ3n) is 4.57. The molecule has 1 amide bonds. The van der Waals surface area contributed by atoms with Crippen LogP contribution in [-0.4, -0.2) is 43.4 Å². The Morgan fingerprint density at radius 3 is 2.92 bits per heavy atom. The first-order valence-electron chi connectivity index (χ1n) is 8.62. The molecule has 0 aromatic carbocycles. The van der Waals surface area contributed by atoms with Crippen molar-refractivity contribution >= 4 is 27.3 Å². The lowest BCUT2D eigenvalue weighted by molar-refractivity contribution is -0.126. The fourth-order valence-corrected chi connectivity index (χ4v) is 5.78. The summed E-state index contributed by atoms with van der Waals surface area (Å²) < 4.78 is 32.2. The molecular formula is C17H23N3O4S2. The summed E-state index contributed by atoms with van der Waals surface area (Å²) in [5.41, 5.74) is 0.352. The fourth-order valence-electron chi connectivity index (χ4n) is 3.25. The molecule has 3 rings (SSSR count). The summed E-state index contributed by atoms with van der Waals surface area (Å²) in [6.45, 7) is 4.36. The number of amides is 1. The predicted molar refractivity (Wildman–Crippen MR) is 98.5 cm³/mol. The van der Waals surface area contributed by atoms with Gasteiger partial charge < -0.3 is 9.84 Å². The molecule has 0 spiro atoms. The van der Waals surface area contributed by atoms with E-state index >= 15 is 0 Å².